The van der Waals surface area contributed by atoms with E-state index in [2.05, 4.69) is 99.7 Å². The van der Waals surface area contributed by atoms with Gasteiger partial charge in [-0.15, -0.1) is 0 Å². The summed E-state index contributed by atoms with van der Waals surface area (Å²) in [5.41, 5.74) is 5.85. The summed E-state index contributed by atoms with van der Waals surface area (Å²) in [5.74, 6) is 1.04. The van der Waals surface area contributed by atoms with Crippen molar-refractivity contribution in [3.8, 4) is 22.5 Å². The summed E-state index contributed by atoms with van der Waals surface area (Å²) in [6.07, 6.45) is 0. The Balaban J connectivity index is 0.00000169. The quantitative estimate of drug-likeness (QED) is 0.278. The Morgan fingerprint density at radius 1 is 0.605 bits per heavy atom. The lowest BCUT2D eigenvalue weighted by Gasteiger charge is -2.34. The average molecular weight is 517 g/mol. The number of H-pyrrole nitrogens is 1. The van der Waals surface area contributed by atoms with E-state index in [-0.39, 0.29) is 8.85 Å². The molecular formula is C34H52N4. The molecule has 1 fully saturated rings. The second kappa shape index (κ2) is 18.9. The largest absolute Gasteiger partial charge is 0.340 e. The van der Waals surface area contributed by atoms with Crippen molar-refractivity contribution in [3.63, 3.8) is 0 Å². The fraction of sp³-hybridized carbons (Fsp3) is 0.382. The maximum Gasteiger partial charge on any atom is 0.121 e. The monoisotopic (exact) mass is 516 g/mol. The zero-order chi connectivity index (χ0) is 26.9. The van der Waals surface area contributed by atoms with Crippen LogP contribution in [0, 0.1) is 0 Å². The van der Waals surface area contributed by atoms with Crippen LogP contribution in [-0.4, -0.2) is 45.9 Å². The first-order valence-corrected chi connectivity index (χ1v) is 14.0. The van der Waals surface area contributed by atoms with Gasteiger partial charge in [0.2, 0.25) is 0 Å². The number of aromatic nitrogens is 2. The number of hydrogen-bond acceptors (Lipinski definition) is 3. The van der Waals surface area contributed by atoms with Gasteiger partial charge in [-0.1, -0.05) is 140 Å². The average Bonchev–Trinajstić information content (AvgIpc) is 3.42. The first-order chi connectivity index (χ1) is 18.3. The van der Waals surface area contributed by atoms with Crippen molar-refractivity contribution in [1.82, 2.24) is 19.8 Å². The van der Waals surface area contributed by atoms with E-state index in [0.717, 1.165) is 62.0 Å². The lowest BCUT2D eigenvalue weighted by molar-refractivity contribution is 0.120. The van der Waals surface area contributed by atoms with Gasteiger partial charge in [0.25, 0.3) is 0 Å². The van der Waals surface area contributed by atoms with Gasteiger partial charge in [-0.3, -0.25) is 9.80 Å². The molecule has 4 nitrogen and oxygen atoms in total. The van der Waals surface area contributed by atoms with Gasteiger partial charge < -0.3 is 4.98 Å². The van der Waals surface area contributed by atoms with Crippen LogP contribution in [0.2, 0.25) is 0 Å². The van der Waals surface area contributed by atoms with Crippen molar-refractivity contribution in [2.24, 2.45) is 0 Å². The summed E-state index contributed by atoms with van der Waals surface area (Å²) >= 11 is 0. The number of nitrogens with one attached hydrogen (secondary N) is 1. The van der Waals surface area contributed by atoms with Crippen molar-refractivity contribution in [2.75, 3.05) is 26.2 Å². The van der Waals surface area contributed by atoms with E-state index >= 15 is 0 Å². The Morgan fingerprint density at radius 3 is 1.53 bits per heavy atom. The van der Waals surface area contributed by atoms with Crippen LogP contribution >= 0.6 is 0 Å². The highest BCUT2D eigenvalue weighted by atomic mass is 15.3. The highest BCUT2D eigenvalue weighted by molar-refractivity contribution is 5.78. The van der Waals surface area contributed by atoms with Gasteiger partial charge in [-0.05, 0) is 5.56 Å². The zero-order valence-electron chi connectivity index (χ0n) is 23.7. The predicted molar refractivity (Wildman–Crippen MR) is 169 cm³/mol. The van der Waals surface area contributed by atoms with Gasteiger partial charge in [-0.2, -0.15) is 0 Å². The van der Waals surface area contributed by atoms with Crippen molar-refractivity contribution >= 4 is 0 Å². The molecular weight excluding hydrogens is 464 g/mol. The van der Waals surface area contributed by atoms with Crippen LogP contribution in [0.1, 0.15) is 61.8 Å². The molecule has 1 aliphatic heterocycles. The molecule has 1 aromatic heterocycles. The third kappa shape index (κ3) is 9.59. The summed E-state index contributed by atoms with van der Waals surface area (Å²) < 4.78 is 0. The Hall–Kier alpha value is -3.21. The SMILES string of the molecule is C.CC.CC.CC.[HH].c1ccc(CN2CCN(Cc3nc(-c4ccccc4)c(-c4ccccc4)[nH]3)CC2)cc1. The first-order valence-electron chi connectivity index (χ1n) is 14.0. The highest BCUT2D eigenvalue weighted by Crippen LogP contribution is 2.30. The molecule has 0 saturated carbocycles. The minimum absolute atomic E-state index is 0. The van der Waals surface area contributed by atoms with Gasteiger partial charge in [0.1, 0.15) is 5.82 Å². The number of imidazole rings is 1. The van der Waals surface area contributed by atoms with Crippen LogP contribution in [0.4, 0.5) is 0 Å². The zero-order valence-corrected chi connectivity index (χ0v) is 23.7. The third-order valence-electron chi connectivity index (χ3n) is 5.95. The molecule has 3 aromatic carbocycles. The van der Waals surface area contributed by atoms with Crippen LogP contribution in [-0.2, 0) is 13.1 Å². The number of rotatable bonds is 6. The summed E-state index contributed by atoms with van der Waals surface area (Å²) in [7, 11) is 0. The van der Waals surface area contributed by atoms with Crippen LogP contribution in [0.15, 0.2) is 91.0 Å². The number of benzene rings is 3. The van der Waals surface area contributed by atoms with Gasteiger partial charge >= 0.3 is 0 Å². The van der Waals surface area contributed by atoms with Crippen molar-refractivity contribution < 1.29 is 1.43 Å². The number of hydrogen-bond donors (Lipinski definition) is 1. The molecule has 1 N–H and O–H groups in total. The molecule has 0 aliphatic carbocycles. The third-order valence-corrected chi connectivity index (χ3v) is 5.95. The van der Waals surface area contributed by atoms with E-state index in [9.17, 15) is 0 Å². The van der Waals surface area contributed by atoms with E-state index in [0.29, 0.717) is 0 Å². The van der Waals surface area contributed by atoms with Crippen LogP contribution in [0.5, 0.6) is 0 Å². The summed E-state index contributed by atoms with van der Waals surface area (Å²) in [6, 6.07) is 31.7. The maximum absolute atomic E-state index is 5.03. The Labute approximate surface area is 234 Å². The lowest BCUT2D eigenvalue weighted by Crippen LogP contribution is -2.45. The molecule has 0 radical (unpaired) electrons. The molecule has 0 bridgehead atoms. The molecule has 0 amide bonds. The number of piperazine rings is 1. The molecule has 0 unspecified atom stereocenters. The molecule has 4 heteroatoms. The topological polar surface area (TPSA) is 35.2 Å². The van der Waals surface area contributed by atoms with Gasteiger partial charge in [-0.25, -0.2) is 4.98 Å². The lowest BCUT2D eigenvalue weighted by atomic mass is 10.1. The standard InChI is InChI=1S/C27H28N4.3C2H6.CH4.H2/c1-4-10-22(11-5-1)20-30-16-18-31(19-17-30)21-25-28-26(23-12-6-2-7-13-23)27(29-25)24-14-8-3-9-15-24;3*1-2;;/h1-15H,16-21H2,(H,28,29);3*1-2H3;1H4;1H. The fourth-order valence-corrected chi connectivity index (χ4v) is 4.27. The van der Waals surface area contributed by atoms with Gasteiger partial charge in [0.15, 0.2) is 0 Å². The first kappa shape index (κ1) is 32.8. The van der Waals surface area contributed by atoms with E-state index in [1.165, 1.54) is 11.1 Å². The maximum atomic E-state index is 5.03. The molecule has 208 valence electrons. The fourth-order valence-electron chi connectivity index (χ4n) is 4.27. The van der Waals surface area contributed by atoms with E-state index in [1.54, 1.807) is 0 Å². The molecule has 2 heterocycles. The minimum Gasteiger partial charge on any atom is -0.340 e. The van der Waals surface area contributed by atoms with Crippen LogP contribution in [0.3, 0.4) is 0 Å². The summed E-state index contributed by atoms with van der Waals surface area (Å²) in [6.45, 7) is 18.2. The molecule has 0 spiro atoms. The highest BCUT2D eigenvalue weighted by Gasteiger charge is 2.20. The van der Waals surface area contributed by atoms with E-state index < -0.39 is 0 Å². The Bertz CT molecular complexity index is 1030. The smallest absolute Gasteiger partial charge is 0.121 e. The summed E-state index contributed by atoms with van der Waals surface area (Å²) in [5, 5.41) is 0. The normalized spacial score (nSPS) is 12.9. The van der Waals surface area contributed by atoms with E-state index in [4.69, 9.17) is 4.98 Å². The van der Waals surface area contributed by atoms with Crippen molar-refractivity contribution in [1.29, 1.82) is 0 Å². The predicted octanol–water partition coefficient (Wildman–Crippen LogP) is 9.02. The molecule has 1 aliphatic rings. The minimum atomic E-state index is 0. The summed E-state index contributed by atoms with van der Waals surface area (Å²) in [4.78, 5) is 13.7. The van der Waals surface area contributed by atoms with Gasteiger partial charge in [0.05, 0.1) is 17.9 Å². The van der Waals surface area contributed by atoms with E-state index in [1.807, 2.05) is 47.6 Å². The molecule has 1 saturated heterocycles. The van der Waals surface area contributed by atoms with Crippen LogP contribution in [0.25, 0.3) is 22.5 Å². The second-order valence-corrected chi connectivity index (χ2v) is 8.18. The van der Waals surface area contributed by atoms with Crippen molar-refractivity contribution in [3.05, 3.63) is 102 Å². The Morgan fingerprint density at radius 2 is 1.03 bits per heavy atom. The van der Waals surface area contributed by atoms with Crippen molar-refractivity contribution in [2.45, 2.75) is 62.1 Å². The van der Waals surface area contributed by atoms with Crippen LogP contribution < -0.4 is 0 Å². The second-order valence-electron chi connectivity index (χ2n) is 8.18. The molecule has 38 heavy (non-hydrogen) atoms. The number of nitrogens with zero attached hydrogens (tertiary/aromatic N) is 3. The van der Waals surface area contributed by atoms with Gasteiger partial charge in [0, 0.05) is 45.3 Å². The molecule has 4 aromatic rings. The number of aromatic amines is 1. The molecule has 5 rings (SSSR count). The Kier molecular flexibility index (Phi) is 16.4. The molecule has 0 atom stereocenters.